The molecule has 0 aromatic heterocycles. The lowest BCUT2D eigenvalue weighted by atomic mass is 9.90. The van der Waals surface area contributed by atoms with E-state index in [1.807, 2.05) is 42.5 Å². The summed E-state index contributed by atoms with van der Waals surface area (Å²) in [5.41, 5.74) is 2.53. The van der Waals surface area contributed by atoms with E-state index < -0.39 is 0 Å². The quantitative estimate of drug-likeness (QED) is 0.647. The van der Waals surface area contributed by atoms with Crippen LogP contribution in [0.4, 0.5) is 0 Å². The summed E-state index contributed by atoms with van der Waals surface area (Å²) in [6.07, 6.45) is 6.05. The predicted octanol–water partition coefficient (Wildman–Crippen LogP) is 4.74. The molecule has 1 amide bonds. The first-order valence-electron chi connectivity index (χ1n) is 11.1. The molecule has 1 atom stereocenters. The molecule has 164 valence electrons. The average Bonchev–Trinajstić information content (AvgIpc) is 3.50. The van der Waals surface area contributed by atoms with Crippen molar-refractivity contribution in [1.82, 2.24) is 10.2 Å². The predicted molar refractivity (Wildman–Crippen MR) is 126 cm³/mol. The molecule has 1 N–H and O–H groups in total. The first-order valence-corrected chi connectivity index (χ1v) is 11.5. The van der Waals surface area contributed by atoms with Gasteiger partial charge in [-0.3, -0.25) is 9.69 Å². The minimum absolute atomic E-state index is 0.176. The standard InChI is InChI=1S/C26H31ClN2O2/c1-31-23-9-5-8-21(17-23)10-13-28-25(30)24-18-26(24)11-14-29(15-12-26)19-22(27)16-20-6-3-2-4-7-20/h2-9,16-17,24H,10-15,18-19H2,1H3,(H,28,30). The van der Waals surface area contributed by atoms with Gasteiger partial charge in [-0.15, -0.1) is 0 Å². The van der Waals surface area contributed by atoms with Crippen LogP contribution in [0.1, 0.15) is 30.4 Å². The summed E-state index contributed by atoms with van der Waals surface area (Å²) in [6.45, 7) is 3.47. The van der Waals surface area contributed by atoms with E-state index in [1.54, 1.807) is 7.11 Å². The van der Waals surface area contributed by atoms with Gasteiger partial charge in [0.25, 0.3) is 0 Å². The number of carbonyl (C=O) groups excluding carboxylic acids is 1. The number of methoxy groups -OCH3 is 1. The fourth-order valence-electron chi connectivity index (χ4n) is 4.70. The van der Waals surface area contributed by atoms with Crippen molar-refractivity contribution in [3.8, 4) is 5.75 Å². The van der Waals surface area contributed by atoms with E-state index in [4.69, 9.17) is 16.3 Å². The molecule has 2 aromatic carbocycles. The molecule has 4 nitrogen and oxygen atoms in total. The normalized spacial score (nSPS) is 20.5. The summed E-state index contributed by atoms with van der Waals surface area (Å²) in [5.74, 6) is 1.25. The number of likely N-dealkylation sites (tertiary alicyclic amines) is 1. The highest BCUT2D eigenvalue weighted by Gasteiger charge is 2.58. The van der Waals surface area contributed by atoms with Crippen LogP contribution < -0.4 is 10.1 Å². The number of hydrogen-bond acceptors (Lipinski definition) is 3. The van der Waals surface area contributed by atoms with E-state index in [0.29, 0.717) is 6.54 Å². The largest absolute Gasteiger partial charge is 0.497 e. The van der Waals surface area contributed by atoms with Crippen molar-refractivity contribution in [3.05, 3.63) is 70.8 Å². The number of halogens is 1. The molecule has 2 fully saturated rings. The van der Waals surface area contributed by atoms with Crippen LogP contribution in [0.25, 0.3) is 6.08 Å². The number of carbonyl (C=O) groups is 1. The summed E-state index contributed by atoms with van der Waals surface area (Å²) in [7, 11) is 1.67. The molecule has 1 aliphatic carbocycles. The Kier molecular flexibility index (Phi) is 6.99. The van der Waals surface area contributed by atoms with E-state index >= 15 is 0 Å². The minimum atomic E-state index is 0.176. The van der Waals surface area contributed by atoms with Crippen LogP contribution in [-0.4, -0.2) is 44.1 Å². The van der Waals surface area contributed by atoms with Crippen LogP contribution in [0.5, 0.6) is 5.75 Å². The smallest absolute Gasteiger partial charge is 0.223 e. The first-order chi connectivity index (χ1) is 15.1. The second-order valence-electron chi connectivity index (χ2n) is 8.79. The topological polar surface area (TPSA) is 41.6 Å². The number of nitrogens with zero attached hydrogens (tertiary/aromatic N) is 1. The number of nitrogens with one attached hydrogen (secondary N) is 1. The second kappa shape index (κ2) is 9.88. The molecule has 5 heteroatoms. The van der Waals surface area contributed by atoms with Gasteiger partial charge in [0.1, 0.15) is 5.75 Å². The molecule has 31 heavy (non-hydrogen) atoms. The molecule has 1 unspecified atom stereocenters. The van der Waals surface area contributed by atoms with Gasteiger partial charge in [0.05, 0.1) is 7.11 Å². The van der Waals surface area contributed by atoms with Crippen LogP contribution in [0, 0.1) is 11.3 Å². The third-order valence-corrected chi connectivity index (χ3v) is 6.93. The van der Waals surface area contributed by atoms with E-state index in [0.717, 1.165) is 61.7 Å². The van der Waals surface area contributed by atoms with Gasteiger partial charge in [-0.25, -0.2) is 0 Å². The number of piperidine rings is 1. The lowest BCUT2D eigenvalue weighted by molar-refractivity contribution is -0.123. The third-order valence-electron chi connectivity index (χ3n) is 6.70. The fourth-order valence-corrected chi connectivity index (χ4v) is 4.99. The molecule has 2 aliphatic rings. The Balaban J connectivity index is 1.19. The Bertz CT molecular complexity index is 920. The van der Waals surface area contributed by atoms with Gasteiger partial charge in [0.2, 0.25) is 5.91 Å². The molecule has 1 spiro atoms. The molecule has 4 rings (SSSR count). The third kappa shape index (κ3) is 5.69. The van der Waals surface area contributed by atoms with Gasteiger partial charge < -0.3 is 10.1 Å². The van der Waals surface area contributed by atoms with Gasteiger partial charge in [-0.2, -0.15) is 0 Å². The van der Waals surface area contributed by atoms with Crippen molar-refractivity contribution < 1.29 is 9.53 Å². The molecule has 1 saturated heterocycles. The Morgan fingerprint density at radius 2 is 1.97 bits per heavy atom. The Labute approximate surface area is 190 Å². The van der Waals surface area contributed by atoms with E-state index in [9.17, 15) is 4.79 Å². The Morgan fingerprint density at radius 1 is 1.19 bits per heavy atom. The van der Waals surface area contributed by atoms with E-state index in [2.05, 4.69) is 28.4 Å². The monoisotopic (exact) mass is 438 g/mol. The van der Waals surface area contributed by atoms with Crippen molar-refractivity contribution in [3.63, 3.8) is 0 Å². The molecule has 0 radical (unpaired) electrons. The summed E-state index contributed by atoms with van der Waals surface area (Å²) in [4.78, 5) is 15.1. The van der Waals surface area contributed by atoms with Crippen molar-refractivity contribution in [2.24, 2.45) is 11.3 Å². The fraction of sp³-hybridized carbons (Fsp3) is 0.423. The van der Waals surface area contributed by atoms with E-state index in [-0.39, 0.29) is 17.2 Å². The van der Waals surface area contributed by atoms with Gasteiger partial charge in [-0.05, 0) is 73.5 Å². The number of benzene rings is 2. The number of amides is 1. The lowest BCUT2D eigenvalue weighted by Gasteiger charge is -2.32. The molecule has 1 aliphatic heterocycles. The highest BCUT2D eigenvalue weighted by molar-refractivity contribution is 6.31. The highest BCUT2D eigenvalue weighted by Crippen LogP contribution is 2.59. The molecule has 2 aromatic rings. The maximum atomic E-state index is 12.7. The summed E-state index contributed by atoms with van der Waals surface area (Å²) >= 11 is 6.49. The van der Waals surface area contributed by atoms with Gasteiger partial charge >= 0.3 is 0 Å². The summed E-state index contributed by atoms with van der Waals surface area (Å²) in [6, 6.07) is 18.2. The van der Waals surface area contributed by atoms with Crippen LogP contribution in [-0.2, 0) is 11.2 Å². The van der Waals surface area contributed by atoms with Crippen molar-refractivity contribution in [2.75, 3.05) is 33.3 Å². The summed E-state index contributed by atoms with van der Waals surface area (Å²) in [5, 5.41) is 4.01. The van der Waals surface area contributed by atoms with Crippen molar-refractivity contribution in [2.45, 2.75) is 25.7 Å². The number of hydrogen-bond donors (Lipinski definition) is 1. The highest BCUT2D eigenvalue weighted by atomic mass is 35.5. The SMILES string of the molecule is COc1cccc(CCNC(=O)C2CC23CCN(CC(Cl)=Cc2ccccc2)CC3)c1. The molecular weight excluding hydrogens is 408 g/mol. The average molecular weight is 439 g/mol. The van der Waals surface area contributed by atoms with Gasteiger partial charge in [-0.1, -0.05) is 54.1 Å². The first kappa shape index (κ1) is 21.9. The Morgan fingerprint density at radius 3 is 2.71 bits per heavy atom. The van der Waals surface area contributed by atoms with Gasteiger partial charge in [0.15, 0.2) is 0 Å². The van der Waals surface area contributed by atoms with Crippen LogP contribution in [0.2, 0.25) is 0 Å². The molecule has 1 saturated carbocycles. The minimum Gasteiger partial charge on any atom is -0.497 e. The zero-order valence-corrected chi connectivity index (χ0v) is 18.9. The zero-order chi connectivity index (χ0) is 21.7. The van der Waals surface area contributed by atoms with Crippen LogP contribution in [0.15, 0.2) is 59.6 Å². The Hall–Kier alpha value is -2.30. The summed E-state index contributed by atoms with van der Waals surface area (Å²) < 4.78 is 5.26. The lowest BCUT2D eigenvalue weighted by Crippen LogP contribution is -2.38. The molecule has 1 heterocycles. The van der Waals surface area contributed by atoms with E-state index in [1.165, 1.54) is 5.56 Å². The molecular formula is C26H31ClN2O2. The van der Waals surface area contributed by atoms with Crippen LogP contribution >= 0.6 is 11.6 Å². The zero-order valence-electron chi connectivity index (χ0n) is 18.1. The van der Waals surface area contributed by atoms with Crippen molar-refractivity contribution >= 4 is 23.6 Å². The molecule has 0 bridgehead atoms. The van der Waals surface area contributed by atoms with Crippen LogP contribution in [0.3, 0.4) is 0 Å². The van der Waals surface area contributed by atoms with Gasteiger partial charge in [0, 0.05) is 24.0 Å². The second-order valence-corrected chi connectivity index (χ2v) is 9.28. The number of ether oxygens (including phenoxy) is 1. The number of rotatable bonds is 8. The van der Waals surface area contributed by atoms with Crippen molar-refractivity contribution in [1.29, 1.82) is 0 Å². The maximum Gasteiger partial charge on any atom is 0.223 e. The maximum absolute atomic E-state index is 12.7.